The minimum absolute atomic E-state index is 0.546. The van der Waals surface area contributed by atoms with Crippen LogP contribution in [0.5, 0.6) is 0 Å². The number of aryl methyl sites for hydroxylation is 1. The van der Waals surface area contributed by atoms with Crippen LogP contribution >= 0.6 is 0 Å². The van der Waals surface area contributed by atoms with Gasteiger partial charge in [-0.1, -0.05) is 0 Å². The molecule has 0 bridgehead atoms. The molecule has 0 atom stereocenters. The van der Waals surface area contributed by atoms with Gasteiger partial charge in [-0.2, -0.15) is 0 Å². The predicted molar refractivity (Wildman–Crippen MR) is 71.2 cm³/mol. The summed E-state index contributed by atoms with van der Waals surface area (Å²) in [7, 11) is 0. The summed E-state index contributed by atoms with van der Waals surface area (Å²) in [5.74, 6) is 2.26. The van der Waals surface area contributed by atoms with Gasteiger partial charge in [0.2, 0.25) is 5.95 Å². The van der Waals surface area contributed by atoms with Gasteiger partial charge in [0.25, 0.3) is 0 Å². The Morgan fingerprint density at radius 2 is 1.94 bits per heavy atom. The molecule has 0 aromatic carbocycles. The number of imidazole rings is 1. The lowest BCUT2D eigenvalue weighted by Gasteiger charge is -2.19. The van der Waals surface area contributed by atoms with Crippen LogP contribution in [0.15, 0.2) is 12.3 Å². The van der Waals surface area contributed by atoms with Crippen LogP contribution in [0.25, 0.3) is 11.2 Å². The molecule has 0 radical (unpaired) electrons. The maximum absolute atomic E-state index is 6.17. The average molecular weight is 242 g/mol. The summed E-state index contributed by atoms with van der Waals surface area (Å²) in [5, 5.41) is 0. The zero-order valence-corrected chi connectivity index (χ0v) is 10.6. The molecule has 2 saturated carbocycles. The highest BCUT2D eigenvalue weighted by Crippen LogP contribution is 2.53. The fourth-order valence-electron chi connectivity index (χ4n) is 3.10. The zero-order chi connectivity index (χ0) is 12.3. The Kier molecular flexibility index (Phi) is 1.99. The molecule has 0 aliphatic heterocycles. The maximum atomic E-state index is 6.17. The van der Waals surface area contributed by atoms with Gasteiger partial charge >= 0.3 is 0 Å². The highest BCUT2D eigenvalue weighted by Gasteiger charge is 2.44. The number of fused-ring (bicyclic) bond motifs is 1. The summed E-state index contributed by atoms with van der Waals surface area (Å²) in [6.45, 7) is 2.07. The van der Waals surface area contributed by atoms with E-state index in [1.54, 1.807) is 0 Å². The summed E-state index contributed by atoms with van der Waals surface area (Å²) in [6, 6.07) is 2.55. The number of aromatic nitrogens is 3. The number of pyridine rings is 1. The van der Waals surface area contributed by atoms with Crippen molar-refractivity contribution in [2.24, 2.45) is 11.8 Å². The fraction of sp³-hybridized carbons (Fsp3) is 0.571. The van der Waals surface area contributed by atoms with E-state index in [4.69, 9.17) is 5.73 Å². The van der Waals surface area contributed by atoms with E-state index in [1.165, 1.54) is 25.7 Å². The van der Waals surface area contributed by atoms with Crippen molar-refractivity contribution in [1.29, 1.82) is 0 Å². The van der Waals surface area contributed by atoms with Crippen molar-refractivity contribution in [3.8, 4) is 0 Å². The smallest absolute Gasteiger partial charge is 0.202 e. The number of hydrogen-bond donors (Lipinski definition) is 1. The van der Waals surface area contributed by atoms with Crippen LogP contribution in [0.3, 0.4) is 0 Å². The molecule has 0 amide bonds. The lowest BCUT2D eigenvalue weighted by atomic mass is 10.1. The Labute approximate surface area is 106 Å². The Hall–Kier alpha value is -1.58. The van der Waals surface area contributed by atoms with Crippen molar-refractivity contribution in [3.63, 3.8) is 0 Å². The number of nitrogen functional groups attached to an aromatic ring is 1. The number of rotatable bonds is 3. The second-order valence-electron chi connectivity index (χ2n) is 5.81. The molecular weight excluding hydrogens is 224 g/mol. The highest BCUT2D eigenvalue weighted by molar-refractivity contribution is 5.77. The molecule has 2 N–H and O–H groups in total. The van der Waals surface area contributed by atoms with Gasteiger partial charge in [-0.15, -0.1) is 0 Å². The van der Waals surface area contributed by atoms with Crippen LogP contribution in [0.2, 0.25) is 0 Å². The van der Waals surface area contributed by atoms with Crippen molar-refractivity contribution in [2.75, 3.05) is 5.73 Å². The first-order valence-corrected chi connectivity index (χ1v) is 6.84. The molecule has 4 nitrogen and oxygen atoms in total. The summed E-state index contributed by atoms with van der Waals surface area (Å²) >= 11 is 0. The van der Waals surface area contributed by atoms with Crippen LogP contribution in [-0.2, 0) is 0 Å². The first-order valence-electron chi connectivity index (χ1n) is 6.84. The number of nitrogens with two attached hydrogens (primary N) is 1. The molecule has 4 rings (SSSR count). The van der Waals surface area contributed by atoms with Crippen molar-refractivity contribution >= 4 is 17.1 Å². The number of anilines is 1. The van der Waals surface area contributed by atoms with Gasteiger partial charge in [0.15, 0.2) is 5.65 Å². The summed E-state index contributed by atoms with van der Waals surface area (Å²) in [4.78, 5) is 9.06. The number of hydrogen-bond acceptors (Lipinski definition) is 3. The van der Waals surface area contributed by atoms with Crippen LogP contribution in [-0.4, -0.2) is 14.5 Å². The van der Waals surface area contributed by atoms with Gasteiger partial charge in [-0.3, -0.25) is 4.57 Å². The minimum Gasteiger partial charge on any atom is -0.369 e. The third-order valence-electron chi connectivity index (χ3n) is 4.32. The molecule has 94 valence electrons. The van der Waals surface area contributed by atoms with Gasteiger partial charge in [0, 0.05) is 12.2 Å². The van der Waals surface area contributed by atoms with Gasteiger partial charge in [0.1, 0.15) is 5.52 Å². The molecule has 0 spiro atoms. The third kappa shape index (κ3) is 1.44. The molecule has 2 aliphatic carbocycles. The Bertz CT molecular complexity index is 596. The van der Waals surface area contributed by atoms with Gasteiger partial charge in [-0.25, -0.2) is 9.97 Å². The molecule has 0 unspecified atom stereocenters. The standard InChI is InChI=1S/C14H18N4/c1-8-6-7-16-13-11(8)17-14(15)18(13)12(9-2-3-9)10-4-5-10/h6-7,9-10,12H,2-5H2,1H3,(H2,15,17). The van der Waals surface area contributed by atoms with Crippen molar-refractivity contribution in [3.05, 3.63) is 17.8 Å². The molecule has 18 heavy (non-hydrogen) atoms. The Morgan fingerprint density at radius 1 is 1.28 bits per heavy atom. The van der Waals surface area contributed by atoms with Crippen molar-refractivity contribution < 1.29 is 0 Å². The quantitative estimate of drug-likeness (QED) is 0.900. The first kappa shape index (κ1) is 10.4. The largest absolute Gasteiger partial charge is 0.369 e. The monoisotopic (exact) mass is 242 g/mol. The van der Waals surface area contributed by atoms with E-state index in [0.29, 0.717) is 12.0 Å². The van der Waals surface area contributed by atoms with Crippen LogP contribution < -0.4 is 5.73 Å². The normalized spacial score (nSPS) is 19.9. The van der Waals surface area contributed by atoms with Crippen LogP contribution in [0.4, 0.5) is 5.95 Å². The van der Waals surface area contributed by atoms with E-state index >= 15 is 0 Å². The van der Waals surface area contributed by atoms with Gasteiger partial charge in [0.05, 0.1) is 0 Å². The van der Waals surface area contributed by atoms with Crippen LogP contribution in [0.1, 0.15) is 37.3 Å². The predicted octanol–water partition coefficient (Wildman–Crippen LogP) is 2.68. The molecular formula is C14H18N4. The fourth-order valence-corrected chi connectivity index (χ4v) is 3.10. The van der Waals surface area contributed by atoms with E-state index < -0.39 is 0 Å². The van der Waals surface area contributed by atoms with Crippen molar-refractivity contribution in [1.82, 2.24) is 14.5 Å². The molecule has 2 aromatic rings. The lowest BCUT2D eigenvalue weighted by Crippen LogP contribution is -2.16. The van der Waals surface area contributed by atoms with E-state index in [1.807, 2.05) is 12.3 Å². The average Bonchev–Trinajstić information content (AvgIpc) is 3.23. The second-order valence-corrected chi connectivity index (χ2v) is 5.81. The van der Waals surface area contributed by atoms with E-state index in [0.717, 1.165) is 28.6 Å². The Balaban J connectivity index is 1.92. The van der Waals surface area contributed by atoms with Gasteiger partial charge < -0.3 is 5.73 Å². The summed E-state index contributed by atoms with van der Waals surface area (Å²) in [6.07, 6.45) is 7.22. The van der Waals surface area contributed by atoms with Crippen LogP contribution in [0, 0.1) is 18.8 Å². The van der Waals surface area contributed by atoms with E-state index in [9.17, 15) is 0 Å². The lowest BCUT2D eigenvalue weighted by molar-refractivity contribution is 0.407. The SMILES string of the molecule is Cc1ccnc2c1nc(N)n2C(C1CC1)C1CC1. The molecule has 2 aliphatic rings. The van der Waals surface area contributed by atoms with E-state index in [-0.39, 0.29) is 0 Å². The number of nitrogens with zero attached hydrogens (tertiary/aromatic N) is 3. The highest BCUT2D eigenvalue weighted by atomic mass is 15.2. The Morgan fingerprint density at radius 3 is 2.56 bits per heavy atom. The summed E-state index contributed by atoms with van der Waals surface area (Å²) in [5.41, 5.74) is 9.28. The second kappa shape index (κ2) is 3.46. The molecule has 2 aromatic heterocycles. The summed E-state index contributed by atoms with van der Waals surface area (Å²) < 4.78 is 2.22. The topological polar surface area (TPSA) is 56.7 Å². The molecule has 2 fully saturated rings. The minimum atomic E-state index is 0.546. The molecule has 0 saturated heterocycles. The van der Waals surface area contributed by atoms with Crippen molar-refractivity contribution in [2.45, 2.75) is 38.6 Å². The van der Waals surface area contributed by atoms with Gasteiger partial charge in [-0.05, 0) is 56.1 Å². The molecule has 2 heterocycles. The maximum Gasteiger partial charge on any atom is 0.202 e. The zero-order valence-electron chi connectivity index (χ0n) is 10.6. The first-order chi connectivity index (χ1) is 8.75. The third-order valence-corrected chi connectivity index (χ3v) is 4.32. The van der Waals surface area contributed by atoms with E-state index in [2.05, 4.69) is 21.5 Å². The molecule has 4 heteroatoms.